The number of nitrogens with zero attached hydrogens (tertiary/aromatic N) is 4. The molecule has 4 heteroatoms. The van der Waals surface area contributed by atoms with Crippen LogP contribution in [0.5, 0.6) is 0 Å². The van der Waals surface area contributed by atoms with Gasteiger partial charge in [-0.1, -0.05) is 12.8 Å². The Morgan fingerprint density at radius 2 is 2.00 bits per heavy atom. The van der Waals surface area contributed by atoms with Gasteiger partial charge in [-0.3, -0.25) is 4.98 Å². The lowest BCUT2D eigenvalue weighted by atomic mass is 10.2. The monoisotopic (exact) mass is 252 g/mol. The average Bonchev–Trinajstić information content (AvgIpc) is 3.03. The predicted octanol–water partition coefficient (Wildman–Crippen LogP) is 3.40. The van der Waals surface area contributed by atoms with Crippen molar-refractivity contribution >= 4 is 21.9 Å². The normalized spacial score (nSPS) is 16.7. The van der Waals surface area contributed by atoms with Gasteiger partial charge in [0.05, 0.1) is 11.7 Å². The van der Waals surface area contributed by atoms with Gasteiger partial charge in [0.2, 0.25) is 0 Å². The molecule has 0 unspecified atom stereocenters. The van der Waals surface area contributed by atoms with E-state index in [2.05, 4.69) is 25.6 Å². The van der Waals surface area contributed by atoms with Gasteiger partial charge in [-0.15, -0.1) is 0 Å². The zero-order valence-electron chi connectivity index (χ0n) is 11.0. The zero-order chi connectivity index (χ0) is 12.8. The van der Waals surface area contributed by atoms with Gasteiger partial charge in [0, 0.05) is 29.2 Å². The third kappa shape index (κ3) is 1.56. The maximum atomic E-state index is 4.68. The van der Waals surface area contributed by atoms with Gasteiger partial charge in [-0.05, 0) is 25.8 Å². The number of aromatic nitrogens is 4. The van der Waals surface area contributed by atoms with Crippen LogP contribution in [-0.2, 0) is 0 Å². The third-order valence-electron chi connectivity index (χ3n) is 4.16. The molecule has 19 heavy (non-hydrogen) atoms. The van der Waals surface area contributed by atoms with E-state index in [1.165, 1.54) is 36.6 Å². The Hall–Kier alpha value is -1.97. The molecule has 0 amide bonds. The molecule has 3 heterocycles. The maximum absolute atomic E-state index is 4.68. The quantitative estimate of drug-likeness (QED) is 0.666. The van der Waals surface area contributed by atoms with Crippen molar-refractivity contribution < 1.29 is 0 Å². The summed E-state index contributed by atoms with van der Waals surface area (Å²) in [6.07, 6.45) is 10.9. The minimum atomic E-state index is 0.568. The van der Waals surface area contributed by atoms with E-state index in [1.54, 1.807) is 0 Å². The van der Waals surface area contributed by atoms with E-state index < -0.39 is 0 Å². The third-order valence-corrected chi connectivity index (χ3v) is 4.16. The molecule has 0 aromatic carbocycles. The highest BCUT2D eigenvalue weighted by atomic mass is 15.1. The molecule has 0 bridgehead atoms. The predicted molar refractivity (Wildman–Crippen MR) is 75.1 cm³/mol. The number of hydrogen-bond acceptors (Lipinski definition) is 3. The smallest absolute Gasteiger partial charge is 0.145 e. The number of fused-ring (bicyclic) bond motifs is 3. The summed E-state index contributed by atoms with van der Waals surface area (Å²) >= 11 is 0. The molecule has 0 spiro atoms. The van der Waals surface area contributed by atoms with Crippen LogP contribution in [-0.4, -0.2) is 19.5 Å². The van der Waals surface area contributed by atoms with Crippen LogP contribution in [0.15, 0.2) is 24.7 Å². The molecule has 1 saturated carbocycles. The molecule has 3 aromatic rings. The van der Waals surface area contributed by atoms with Gasteiger partial charge >= 0.3 is 0 Å². The molecule has 1 fully saturated rings. The largest absolute Gasteiger partial charge is 0.321 e. The summed E-state index contributed by atoms with van der Waals surface area (Å²) in [5.41, 5.74) is 2.27. The van der Waals surface area contributed by atoms with Crippen molar-refractivity contribution in [3.8, 4) is 0 Å². The summed E-state index contributed by atoms with van der Waals surface area (Å²) in [4.78, 5) is 13.3. The molecule has 0 aliphatic heterocycles. The fraction of sp³-hybridized carbons (Fsp3) is 0.400. The molecule has 0 saturated heterocycles. The Bertz CT molecular complexity index is 753. The van der Waals surface area contributed by atoms with Gasteiger partial charge in [0.15, 0.2) is 0 Å². The van der Waals surface area contributed by atoms with E-state index in [0.29, 0.717) is 6.04 Å². The van der Waals surface area contributed by atoms with Crippen molar-refractivity contribution in [2.45, 2.75) is 38.6 Å². The van der Waals surface area contributed by atoms with Crippen LogP contribution in [0, 0.1) is 6.92 Å². The first-order valence-corrected chi connectivity index (χ1v) is 6.92. The number of aryl methyl sites for hydroxylation is 1. The van der Waals surface area contributed by atoms with Crippen LogP contribution in [0.3, 0.4) is 0 Å². The fourth-order valence-corrected chi connectivity index (χ4v) is 3.28. The fourth-order valence-electron chi connectivity index (χ4n) is 3.28. The van der Waals surface area contributed by atoms with Crippen LogP contribution in [0.1, 0.15) is 37.5 Å². The minimum Gasteiger partial charge on any atom is -0.321 e. The average molecular weight is 252 g/mol. The Kier molecular flexibility index (Phi) is 2.31. The molecular weight excluding hydrogens is 236 g/mol. The molecule has 3 aromatic heterocycles. The second-order valence-electron chi connectivity index (χ2n) is 5.36. The minimum absolute atomic E-state index is 0.568. The molecule has 0 N–H and O–H groups in total. The summed E-state index contributed by atoms with van der Waals surface area (Å²) in [7, 11) is 0. The summed E-state index contributed by atoms with van der Waals surface area (Å²) in [6.45, 7) is 1.95. The maximum Gasteiger partial charge on any atom is 0.145 e. The first kappa shape index (κ1) is 10.9. The van der Waals surface area contributed by atoms with Crippen molar-refractivity contribution in [1.82, 2.24) is 19.5 Å². The van der Waals surface area contributed by atoms with Gasteiger partial charge in [-0.25, -0.2) is 9.97 Å². The molecule has 1 aliphatic rings. The van der Waals surface area contributed by atoms with Gasteiger partial charge in [0.25, 0.3) is 0 Å². The molecule has 96 valence electrons. The van der Waals surface area contributed by atoms with Gasteiger partial charge in [-0.2, -0.15) is 0 Å². The summed E-state index contributed by atoms with van der Waals surface area (Å²) in [5.74, 6) is 0.836. The first-order valence-electron chi connectivity index (χ1n) is 6.92. The number of pyridine rings is 1. The number of rotatable bonds is 1. The van der Waals surface area contributed by atoms with Crippen molar-refractivity contribution in [3.63, 3.8) is 0 Å². The summed E-state index contributed by atoms with van der Waals surface area (Å²) in [6, 6.07) is 2.64. The lowest BCUT2D eigenvalue weighted by Gasteiger charge is -2.14. The van der Waals surface area contributed by atoms with E-state index in [0.717, 1.165) is 16.9 Å². The van der Waals surface area contributed by atoms with Crippen LogP contribution < -0.4 is 0 Å². The molecular formula is C15H16N4. The first-order chi connectivity index (χ1) is 9.34. The molecule has 0 radical (unpaired) electrons. The number of hydrogen-bond donors (Lipinski definition) is 0. The zero-order valence-corrected chi connectivity index (χ0v) is 11.0. The van der Waals surface area contributed by atoms with Gasteiger partial charge in [0.1, 0.15) is 11.5 Å². The van der Waals surface area contributed by atoms with Crippen LogP contribution >= 0.6 is 0 Å². The Labute approximate surface area is 111 Å². The summed E-state index contributed by atoms with van der Waals surface area (Å²) in [5, 5.41) is 2.37. The lowest BCUT2D eigenvalue weighted by Crippen LogP contribution is -2.05. The standard InChI is InChI=1S/C15H16N4/c1-10-17-8-13-12-6-7-16-9-14(12)19(15(13)18-10)11-4-2-3-5-11/h6-9,11H,2-5H2,1H3. The Balaban J connectivity index is 2.13. The lowest BCUT2D eigenvalue weighted by molar-refractivity contribution is 0.546. The van der Waals surface area contributed by atoms with E-state index >= 15 is 0 Å². The summed E-state index contributed by atoms with van der Waals surface area (Å²) < 4.78 is 2.39. The molecule has 1 aliphatic carbocycles. The van der Waals surface area contributed by atoms with Crippen molar-refractivity contribution in [2.24, 2.45) is 0 Å². The molecule has 4 rings (SSSR count). The Morgan fingerprint density at radius 3 is 2.84 bits per heavy atom. The van der Waals surface area contributed by atoms with Crippen molar-refractivity contribution in [3.05, 3.63) is 30.5 Å². The van der Waals surface area contributed by atoms with Crippen molar-refractivity contribution in [1.29, 1.82) is 0 Å². The highest BCUT2D eigenvalue weighted by molar-refractivity contribution is 6.06. The van der Waals surface area contributed by atoms with E-state index in [-0.39, 0.29) is 0 Å². The van der Waals surface area contributed by atoms with Crippen LogP contribution in [0.2, 0.25) is 0 Å². The van der Waals surface area contributed by atoms with Gasteiger partial charge < -0.3 is 4.57 Å². The second kappa shape index (κ2) is 4.02. The molecule has 4 nitrogen and oxygen atoms in total. The SMILES string of the molecule is Cc1ncc2c3ccncc3n(C3CCCC3)c2n1. The van der Waals surface area contributed by atoms with E-state index in [1.807, 2.05) is 25.5 Å². The van der Waals surface area contributed by atoms with Crippen molar-refractivity contribution in [2.75, 3.05) is 0 Å². The highest BCUT2D eigenvalue weighted by Gasteiger charge is 2.22. The Morgan fingerprint density at radius 1 is 1.16 bits per heavy atom. The van der Waals surface area contributed by atoms with E-state index in [4.69, 9.17) is 0 Å². The highest BCUT2D eigenvalue weighted by Crippen LogP contribution is 2.37. The topological polar surface area (TPSA) is 43.6 Å². The van der Waals surface area contributed by atoms with Crippen LogP contribution in [0.25, 0.3) is 21.9 Å². The molecule has 0 atom stereocenters. The second-order valence-corrected chi connectivity index (χ2v) is 5.36. The van der Waals surface area contributed by atoms with Crippen LogP contribution in [0.4, 0.5) is 0 Å². The van der Waals surface area contributed by atoms with E-state index in [9.17, 15) is 0 Å².